The Morgan fingerprint density at radius 2 is 1.61 bits per heavy atom. The third kappa shape index (κ3) is 7.57. The lowest BCUT2D eigenvalue weighted by Gasteiger charge is -2.19. The van der Waals surface area contributed by atoms with E-state index in [1.807, 2.05) is 36.4 Å². The Morgan fingerprint density at radius 3 is 2.26 bits per heavy atom. The first-order valence-corrected chi connectivity index (χ1v) is 11.2. The number of methoxy groups -OCH3 is 1. The number of rotatable bonds is 11. The molecule has 0 unspecified atom stereocenters. The Kier molecular flexibility index (Phi) is 9.35. The van der Waals surface area contributed by atoms with E-state index in [9.17, 15) is 9.59 Å². The van der Waals surface area contributed by atoms with Gasteiger partial charge in [-0.1, -0.05) is 51.5 Å². The van der Waals surface area contributed by atoms with Crippen molar-refractivity contribution in [2.24, 2.45) is 11.8 Å². The molecule has 31 heavy (non-hydrogen) atoms. The average Bonchev–Trinajstić information content (AvgIpc) is 2.74. The van der Waals surface area contributed by atoms with E-state index in [0.717, 1.165) is 41.3 Å². The van der Waals surface area contributed by atoms with E-state index in [4.69, 9.17) is 14.2 Å². The highest BCUT2D eigenvalue weighted by Crippen LogP contribution is 2.26. The molecule has 0 radical (unpaired) electrons. The molecule has 0 fully saturated rings. The molecule has 170 valence electrons. The van der Waals surface area contributed by atoms with Crippen molar-refractivity contribution in [2.45, 2.75) is 72.5 Å². The Balaban J connectivity index is 1.88. The smallest absolute Gasteiger partial charge is 0.316 e. The maximum Gasteiger partial charge on any atom is 0.316 e. The zero-order valence-corrected chi connectivity index (χ0v) is 19.6. The van der Waals surface area contributed by atoms with Crippen molar-refractivity contribution >= 4 is 22.7 Å². The monoisotopic (exact) mass is 428 g/mol. The van der Waals surface area contributed by atoms with Crippen LogP contribution < -0.4 is 4.74 Å². The zero-order chi connectivity index (χ0) is 23.0. The lowest BCUT2D eigenvalue weighted by Crippen LogP contribution is -2.24. The van der Waals surface area contributed by atoms with Gasteiger partial charge < -0.3 is 14.2 Å². The highest BCUT2D eigenvalue weighted by Gasteiger charge is 2.22. The summed E-state index contributed by atoms with van der Waals surface area (Å²) in [5.41, 5.74) is 0.848. The Labute approximate surface area is 186 Å². The van der Waals surface area contributed by atoms with Crippen LogP contribution in [0.4, 0.5) is 0 Å². The van der Waals surface area contributed by atoms with Crippen LogP contribution >= 0.6 is 0 Å². The van der Waals surface area contributed by atoms with Gasteiger partial charge >= 0.3 is 11.9 Å². The molecule has 0 saturated heterocycles. The summed E-state index contributed by atoms with van der Waals surface area (Å²) in [5, 5.41) is 2.05. The maximum absolute atomic E-state index is 12.6. The largest absolute Gasteiger partial charge is 0.497 e. The van der Waals surface area contributed by atoms with Gasteiger partial charge in [0.2, 0.25) is 6.29 Å². The molecule has 0 heterocycles. The van der Waals surface area contributed by atoms with Crippen LogP contribution in [0.2, 0.25) is 0 Å². The SMILES string of the molecule is CC[C@@H](CCC(=O)O[C@H](C)OC(=O)[C@@H](C)c1ccc2cc(OC)ccc2c1)CC(C)C. The number of benzene rings is 2. The van der Waals surface area contributed by atoms with E-state index in [0.29, 0.717) is 18.3 Å². The van der Waals surface area contributed by atoms with E-state index < -0.39 is 18.2 Å². The van der Waals surface area contributed by atoms with E-state index in [2.05, 4.69) is 20.8 Å². The molecule has 0 aliphatic carbocycles. The van der Waals surface area contributed by atoms with Crippen LogP contribution in [0.5, 0.6) is 5.75 Å². The van der Waals surface area contributed by atoms with Crippen molar-refractivity contribution in [3.05, 3.63) is 42.0 Å². The van der Waals surface area contributed by atoms with Crippen LogP contribution in [0.15, 0.2) is 36.4 Å². The normalized spacial score (nSPS) is 14.2. The van der Waals surface area contributed by atoms with Gasteiger partial charge in [-0.3, -0.25) is 9.59 Å². The molecular formula is C26H36O5. The number of ether oxygens (including phenoxy) is 3. The van der Waals surface area contributed by atoms with Crippen LogP contribution in [-0.2, 0) is 19.1 Å². The van der Waals surface area contributed by atoms with Crippen molar-refractivity contribution in [1.82, 2.24) is 0 Å². The van der Waals surface area contributed by atoms with E-state index in [1.54, 1.807) is 21.0 Å². The van der Waals surface area contributed by atoms with Gasteiger partial charge in [0.1, 0.15) is 5.75 Å². The molecule has 0 saturated carbocycles. The summed E-state index contributed by atoms with van der Waals surface area (Å²) < 4.78 is 15.9. The van der Waals surface area contributed by atoms with Crippen molar-refractivity contribution in [1.29, 1.82) is 0 Å². The van der Waals surface area contributed by atoms with Gasteiger partial charge in [0, 0.05) is 13.3 Å². The lowest BCUT2D eigenvalue weighted by atomic mass is 9.91. The molecule has 0 aliphatic heterocycles. The van der Waals surface area contributed by atoms with Gasteiger partial charge in [-0.25, -0.2) is 0 Å². The molecule has 0 spiro atoms. The van der Waals surface area contributed by atoms with Crippen molar-refractivity contribution in [3.8, 4) is 5.75 Å². The number of carbonyl (C=O) groups excluding carboxylic acids is 2. The summed E-state index contributed by atoms with van der Waals surface area (Å²) >= 11 is 0. The zero-order valence-electron chi connectivity index (χ0n) is 19.6. The molecule has 0 amide bonds. The quantitative estimate of drug-likeness (QED) is 0.313. The predicted octanol–water partition coefficient (Wildman–Crippen LogP) is 6.24. The second kappa shape index (κ2) is 11.7. The van der Waals surface area contributed by atoms with Gasteiger partial charge in [0.05, 0.1) is 13.0 Å². The topological polar surface area (TPSA) is 61.8 Å². The van der Waals surface area contributed by atoms with Gasteiger partial charge in [-0.15, -0.1) is 0 Å². The number of fused-ring (bicyclic) bond motifs is 1. The van der Waals surface area contributed by atoms with E-state index in [1.165, 1.54) is 0 Å². The third-order valence-electron chi connectivity index (χ3n) is 5.64. The Bertz CT molecular complexity index is 873. The van der Waals surface area contributed by atoms with Crippen molar-refractivity contribution < 1.29 is 23.8 Å². The summed E-state index contributed by atoms with van der Waals surface area (Å²) in [4.78, 5) is 24.7. The first kappa shape index (κ1) is 24.7. The molecule has 0 aliphatic rings. The minimum absolute atomic E-state index is 0.324. The number of hydrogen-bond acceptors (Lipinski definition) is 5. The molecule has 5 nitrogen and oxygen atoms in total. The van der Waals surface area contributed by atoms with Gasteiger partial charge in [0.25, 0.3) is 0 Å². The van der Waals surface area contributed by atoms with Crippen LogP contribution in [0.3, 0.4) is 0 Å². The fourth-order valence-electron chi connectivity index (χ4n) is 3.79. The number of hydrogen-bond donors (Lipinski definition) is 0. The molecule has 2 aromatic rings. The first-order valence-electron chi connectivity index (χ1n) is 11.2. The fraction of sp³-hybridized carbons (Fsp3) is 0.538. The fourth-order valence-corrected chi connectivity index (χ4v) is 3.79. The van der Waals surface area contributed by atoms with E-state index >= 15 is 0 Å². The van der Waals surface area contributed by atoms with Crippen molar-refractivity contribution in [2.75, 3.05) is 7.11 Å². The molecule has 5 heteroatoms. The second-order valence-electron chi connectivity index (χ2n) is 8.63. The molecule has 3 atom stereocenters. The maximum atomic E-state index is 12.6. The molecule has 0 bridgehead atoms. The van der Waals surface area contributed by atoms with Crippen LogP contribution in [0.25, 0.3) is 10.8 Å². The summed E-state index contributed by atoms with van der Waals surface area (Å²) in [6, 6.07) is 11.6. The van der Waals surface area contributed by atoms with Crippen LogP contribution in [0.1, 0.15) is 71.8 Å². The molecule has 2 aromatic carbocycles. The molecule has 0 N–H and O–H groups in total. The third-order valence-corrected chi connectivity index (χ3v) is 5.64. The van der Waals surface area contributed by atoms with E-state index in [-0.39, 0.29) is 5.97 Å². The summed E-state index contributed by atoms with van der Waals surface area (Å²) in [7, 11) is 1.63. The van der Waals surface area contributed by atoms with Gasteiger partial charge in [-0.05, 0) is 60.1 Å². The highest BCUT2D eigenvalue weighted by atomic mass is 16.7. The average molecular weight is 429 g/mol. The minimum Gasteiger partial charge on any atom is -0.497 e. The second-order valence-corrected chi connectivity index (χ2v) is 8.63. The summed E-state index contributed by atoms with van der Waals surface area (Å²) in [6.45, 7) is 9.90. The van der Waals surface area contributed by atoms with Crippen molar-refractivity contribution in [3.63, 3.8) is 0 Å². The standard InChI is InChI=1S/C26H36O5/c1-7-20(14-17(2)3)8-13-25(27)30-19(5)31-26(28)18(4)21-9-10-23-16-24(29-6)12-11-22(23)15-21/h9-12,15-20H,7-8,13-14H2,1-6H3/t18-,19-,20-/m0/s1. The van der Waals surface area contributed by atoms with Gasteiger partial charge in [0.15, 0.2) is 0 Å². The Hall–Kier alpha value is -2.56. The summed E-state index contributed by atoms with van der Waals surface area (Å²) in [5.74, 6) is 0.702. The number of carbonyl (C=O) groups is 2. The molecular weight excluding hydrogens is 392 g/mol. The molecule has 2 rings (SSSR count). The van der Waals surface area contributed by atoms with Crippen LogP contribution in [-0.4, -0.2) is 25.3 Å². The summed E-state index contributed by atoms with van der Waals surface area (Å²) in [6.07, 6.45) is 2.39. The predicted molar refractivity (Wildman–Crippen MR) is 123 cm³/mol. The Morgan fingerprint density at radius 1 is 0.935 bits per heavy atom. The highest BCUT2D eigenvalue weighted by molar-refractivity contribution is 5.86. The lowest BCUT2D eigenvalue weighted by molar-refractivity contribution is -0.185. The minimum atomic E-state index is -0.905. The molecule has 0 aromatic heterocycles. The van der Waals surface area contributed by atoms with Gasteiger partial charge in [-0.2, -0.15) is 0 Å². The van der Waals surface area contributed by atoms with Crippen LogP contribution in [0, 0.1) is 11.8 Å². The number of esters is 2. The first-order chi connectivity index (χ1) is 14.7.